The summed E-state index contributed by atoms with van der Waals surface area (Å²) in [5.41, 5.74) is 0.953. The van der Waals surface area contributed by atoms with E-state index in [1.807, 2.05) is 43.3 Å². The van der Waals surface area contributed by atoms with Crippen LogP contribution in [0, 0.1) is 5.92 Å². The number of hydrogen-bond acceptors (Lipinski definition) is 5. The molecule has 154 valence electrons. The number of piperidine rings is 1. The van der Waals surface area contributed by atoms with Crippen LogP contribution in [0.15, 0.2) is 42.6 Å². The minimum atomic E-state index is 0.127. The zero-order chi connectivity index (χ0) is 20.1. The molecule has 2 atom stereocenters. The predicted molar refractivity (Wildman–Crippen MR) is 111 cm³/mol. The van der Waals surface area contributed by atoms with Crippen molar-refractivity contribution in [3.63, 3.8) is 0 Å². The second-order valence-corrected chi connectivity index (χ2v) is 7.94. The van der Waals surface area contributed by atoms with E-state index in [9.17, 15) is 4.79 Å². The molecule has 2 aromatic rings. The molecule has 4 rings (SSSR count). The molecule has 1 aromatic carbocycles. The monoisotopic (exact) mass is 395 g/mol. The summed E-state index contributed by atoms with van der Waals surface area (Å²) in [7, 11) is 0. The fourth-order valence-electron chi connectivity index (χ4n) is 4.37. The summed E-state index contributed by atoms with van der Waals surface area (Å²) in [5, 5.41) is 6.66. The molecule has 0 aliphatic carbocycles. The van der Waals surface area contributed by atoms with Crippen molar-refractivity contribution in [2.45, 2.75) is 57.7 Å². The van der Waals surface area contributed by atoms with Crippen LogP contribution >= 0.6 is 0 Å². The molecule has 0 spiro atoms. The van der Waals surface area contributed by atoms with Gasteiger partial charge in [-0.05, 0) is 56.2 Å². The van der Waals surface area contributed by atoms with Gasteiger partial charge in [0, 0.05) is 37.3 Å². The molecule has 2 saturated heterocycles. The Kier molecular flexibility index (Phi) is 6.30. The second-order valence-electron chi connectivity index (χ2n) is 7.94. The average Bonchev–Trinajstić information content (AvgIpc) is 3.07. The van der Waals surface area contributed by atoms with Gasteiger partial charge >= 0.3 is 0 Å². The van der Waals surface area contributed by atoms with E-state index in [0.29, 0.717) is 55.0 Å². The van der Waals surface area contributed by atoms with E-state index in [4.69, 9.17) is 9.47 Å². The maximum atomic E-state index is 12.3. The summed E-state index contributed by atoms with van der Waals surface area (Å²) in [6.07, 6.45) is 7.14. The summed E-state index contributed by atoms with van der Waals surface area (Å²) >= 11 is 0. The number of para-hydroxylation sites is 2. The van der Waals surface area contributed by atoms with Crippen molar-refractivity contribution in [3.8, 4) is 17.4 Å². The van der Waals surface area contributed by atoms with E-state index in [0.717, 1.165) is 18.4 Å². The van der Waals surface area contributed by atoms with Crippen LogP contribution < -0.4 is 20.1 Å². The summed E-state index contributed by atoms with van der Waals surface area (Å²) in [6, 6.07) is 12.5. The van der Waals surface area contributed by atoms with Gasteiger partial charge in [0.15, 0.2) is 11.5 Å². The van der Waals surface area contributed by atoms with Gasteiger partial charge < -0.3 is 20.1 Å². The number of nitrogens with one attached hydrogen (secondary N) is 2. The molecule has 1 amide bonds. The van der Waals surface area contributed by atoms with Crippen molar-refractivity contribution in [3.05, 3.63) is 48.2 Å². The van der Waals surface area contributed by atoms with Gasteiger partial charge in [-0.15, -0.1) is 0 Å². The van der Waals surface area contributed by atoms with Crippen LogP contribution in [0.25, 0.3) is 0 Å². The first-order chi connectivity index (χ1) is 14.2. The molecule has 29 heavy (non-hydrogen) atoms. The summed E-state index contributed by atoms with van der Waals surface area (Å²) in [4.78, 5) is 16.7. The quantitative estimate of drug-likeness (QED) is 0.711. The van der Waals surface area contributed by atoms with Crippen LogP contribution in [0.5, 0.6) is 17.4 Å². The molecule has 0 saturated carbocycles. The van der Waals surface area contributed by atoms with Crippen LogP contribution in [0.1, 0.15) is 44.6 Å². The van der Waals surface area contributed by atoms with Crippen LogP contribution in [0.2, 0.25) is 0 Å². The highest BCUT2D eigenvalue weighted by molar-refractivity contribution is 5.76. The third kappa shape index (κ3) is 5.26. The Hall–Kier alpha value is -2.60. The van der Waals surface area contributed by atoms with E-state index in [1.54, 1.807) is 6.20 Å². The van der Waals surface area contributed by atoms with E-state index in [-0.39, 0.29) is 5.91 Å². The molecule has 6 heteroatoms. The maximum absolute atomic E-state index is 12.3. The molecular formula is C23H29N3O3. The minimum Gasteiger partial charge on any atom is -0.490 e. The highest BCUT2D eigenvalue weighted by Crippen LogP contribution is 2.33. The van der Waals surface area contributed by atoms with Crippen molar-refractivity contribution in [2.75, 3.05) is 6.61 Å². The smallest absolute Gasteiger partial charge is 0.220 e. The number of benzene rings is 1. The molecule has 2 aliphatic heterocycles. The summed E-state index contributed by atoms with van der Waals surface area (Å²) < 4.78 is 11.4. The van der Waals surface area contributed by atoms with Gasteiger partial charge in [0.05, 0.1) is 6.61 Å². The lowest BCUT2D eigenvalue weighted by Gasteiger charge is -2.28. The topological polar surface area (TPSA) is 72.5 Å². The lowest BCUT2D eigenvalue weighted by molar-refractivity contribution is -0.122. The standard InChI is InChI=1S/C23H29N3O3/c1-2-28-20-5-3-4-6-21(20)29-23-10-7-16(15-25-23)14-24-22(27)13-17-11-18-8-9-19(12-17)26-18/h3-7,10,15,17-19,26H,2,8-9,11-14H2,1H3,(H,24,27). The van der Waals surface area contributed by atoms with Crippen LogP contribution in [0.3, 0.4) is 0 Å². The Morgan fingerprint density at radius 3 is 2.59 bits per heavy atom. The highest BCUT2D eigenvalue weighted by Gasteiger charge is 2.34. The van der Waals surface area contributed by atoms with Gasteiger partial charge in [-0.3, -0.25) is 4.79 Å². The third-order valence-corrected chi connectivity index (χ3v) is 5.70. The Morgan fingerprint density at radius 1 is 1.14 bits per heavy atom. The summed E-state index contributed by atoms with van der Waals surface area (Å²) in [5.74, 6) is 2.46. The number of pyridine rings is 1. The first-order valence-electron chi connectivity index (χ1n) is 10.6. The highest BCUT2D eigenvalue weighted by atomic mass is 16.5. The fraction of sp³-hybridized carbons (Fsp3) is 0.478. The Balaban J connectivity index is 1.26. The second kappa shape index (κ2) is 9.27. The van der Waals surface area contributed by atoms with Crippen LogP contribution in [-0.2, 0) is 11.3 Å². The zero-order valence-corrected chi connectivity index (χ0v) is 16.9. The summed E-state index contributed by atoms with van der Waals surface area (Å²) in [6.45, 7) is 3.00. The molecular weight excluding hydrogens is 366 g/mol. The molecule has 1 aromatic heterocycles. The molecule has 2 fully saturated rings. The molecule has 3 heterocycles. The van der Waals surface area contributed by atoms with Crippen LogP contribution in [-0.4, -0.2) is 29.6 Å². The van der Waals surface area contributed by atoms with Crippen molar-refractivity contribution < 1.29 is 14.3 Å². The molecule has 2 aliphatic rings. The van der Waals surface area contributed by atoms with Gasteiger partial charge in [0.2, 0.25) is 11.8 Å². The van der Waals surface area contributed by atoms with Gasteiger partial charge in [0.25, 0.3) is 0 Å². The maximum Gasteiger partial charge on any atom is 0.220 e. The SMILES string of the molecule is CCOc1ccccc1Oc1ccc(CNC(=O)CC2CC3CCC(C2)N3)cn1. The number of ether oxygens (including phenoxy) is 2. The van der Waals surface area contributed by atoms with Crippen molar-refractivity contribution in [1.82, 2.24) is 15.6 Å². The average molecular weight is 396 g/mol. The number of amides is 1. The van der Waals surface area contributed by atoms with Crippen molar-refractivity contribution in [2.24, 2.45) is 5.92 Å². The number of fused-ring (bicyclic) bond motifs is 2. The number of rotatable bonds is 8. The molecule has 0 radical (unpaired) electrons. The van der Waals surface area contributed by atoms with Gasteiger partial charge in [-0.2, -0.15) is 0 Å². The van der Waals surface area contributed by atoms with Crippen molar-refractivity contribution in [1.29, 1.82) is 0 Å². The Labute approximate surface area is 172 Å². The van der Waals surface area contributed by atoms with E-state index >= 15 is 0 Å². The minimum absolute atomic E-state index is 0.127. The zero-order valence-electron chi connectivity index (χ0n) is 16.9. The Morgan fingerprint density at radius 2 is 1.90 bits per heavy atom. The lowest BCUT2D eigenvalue weighted by Crippen LogP contribution is -2.39. The van der Waals surface area contributed by atoms with E-state index in [1.165, 1.54) is 12.8 Å². The number of aromatic nitrogens is 1. The number of nitrogens with zero attached hydrogens (tertiary/aromatic N) is 1. The largest absolute Gasteiger partial charge is 0.490 e. The van der Waals surface area contributed by atoms with E-state index < -0.39 is 0 Å². The number of carbonyl (C=O) groups excluding carboxylic acids is 1. The predicted octanol–water partition coefficient (Wildman–Crippen LogP) is 3.81. The normalized spacial score (nSPS) is 22.9. The first kappa shape index (κ1) is 19.7. The molecule has 2 N–H and O–H groups in total. The number of carbonyl (C=O) groups is 1. The Bertz CT molecular complexity index is 812. The molecule has 2 unspecified atom stereocenters. The lowest BCUT2D eigenvalue weighted by atomic mass is 9.89. The van der Waals surface area contributed by atoms with Gasteiger partial charge in [-0.25, -0.2) is 4.98 Å². The number of hydrogen-bond donors (Lipinski definition) is 2. The van der Waals surface area contributed by atoms with Gasteiger partial charge in [-0.1, -0.05) is 18.2 Å². The molecule has 6 nitrogen and oxygen atoms in total. The van der Waals surface area contributed by atoms with E-state index in [2.05, 4.69) is 15.6 Å². The van der Waals surface area contributed by atoms with Crippen LogP contribution in [0.4, 0.5) is 0 Å². The fourth-order valence-corrected chi connectivity index (χ4v) is 4.37. The first-order valence-corrected chi connectivity index (χ1v) is 10.6. The molecule has 2 bridgehead atoms. The van der Waals surface area contributed by atoms with Gasteiger partial charge in [0.1, 0.15) is 0 Å². The third-order valence-electron chi connectivity index (χ3n) is 5.70. The van der Waals surface area contributed by atoms with Crippen molar-refractivity contribution >= 4 is 5.91 Å².